The minimum atomic E-state index is -0.603. The Kier molecular flexibility index (Phi) is 3.45. The number of nitrogen functional groups attached to an aromatic ring is 2. The zero-order valence-corrected chi connectivity index (χ0v) is 12.5. The number of aromatic nitrogens is 1. The molecule has 4 N–H and O–H groups in total. The van der Waals surface area contributed by atoms with E-state index in [1.54, 1.807) is 0 Å². The SMILES string of the molecule is Nc1cc(N)c(Sc2nc3ccccc3s2)c(F)c1Cl. The Bertz CT molecular complexity index is 771. The van der Waals surface area contributed by atoms with Gasteiger partial charge in [-0.1, -0.05) is 35.5 Å². The molecule has 0 aliphatic heterocycles. The fourth-order valence-corrected chi connectivity index (χ4v) is 4.01. The molecule has 7 heteroatoms. The summed E-state index contributed by atoms with van der Waals surface area (Å²) < 4.78 is 15.9. The van der Waals surface area contributed by atoms with Crippen LogP contribution in [0.1, 0.15) is 0 Å². The molecular weight excluding hydrogens is 317 g/mol. The number of nitrogens with two attached hydrogens (primary N) is 2. The summed E-state index contributed by atoms with van der Waals surface area (Å²) in [6, 6.07) is 9.18. The van der Waals surface area contributed by atoms with Gasteiger partial charge in [-0.3, -0.25) is 0 Å². The fraction of sp³-hybridized carbons (Fsp3) is 0. The number of hydrogen-bond donors (Lipinski definition) is 2. The third-order valence-corrected chi connectivity index (χ3v) is 5.28. The van der Waals surface area contributed by atoms with Crippen LogP contribution in [0.3, 0.4) is 0 Å². The van der Waals surface area contributed by atoms with E-state index < -0.39 is 5.82 Å². The first-order valence-corrected chi connectivity index (χ1v) is 7.63. The zero-order valence-electron chi connectivity index (χ0n) is 10.1. The highest BCUT2D eigenvalue weighted by Crippen LogP contribution is 2.41. The monoisotopic (exact) mass is 325 g/mol. The summed E-state index contributed by atoms with van der Waals surface area (Å²) in [5.41, 5.74) is 12.6. The first-order valence-electron chi connectivity index (χ1n) is 5.62. The lowest BCUT2D eigenvalue weighted by atomic mass is 10.3. The van der Waals surface area contributed by atoms with Crippen molar-refractivity contribution in [2.45, 2.75) is 9.24 Å². The molecule has 1 heterocycles. The van der Waals surface area contributed by atoms with E-state index in [1.807, 2.05) is 24.3 Å². The predicted octanol–water partition coefficient (Wildman–Crippen LogP) is 4.40. The van der Waals surface area contributed by atoms with Crippen molar-refractivity contribution >= 4 is 56.3 Å². The molecule has 20 heavy (non-hydrogen) atoms. The summed E-state index contributed by atoms with van der Waals surface area (Å²) in [6.07, 6.45) is 0. The second-order valence-electron chi connectivity index (χ2n) is 4.06. The number of thiazole rings is 1. The zero-order chi connectivity index (χ0) is 14.3. The lowest BCUT2D eigenvalue weighted by Crippen LogP contribution is -1.97. The summed E-state index contributed by atoms with van der Waals surface area (Å²) in [4.78, 5) is 4.68. The highest BCUT2D eigenvalue weighted by atomic mass is 35.5. The molecule has 0 radical (unpaired) electrons. The van der Waals surface area contributed by atoms with Crippen molar-refractivity contribution in [3.8, 4) is 0 Å². The smallest absolute Gasteiger partial charge is 0.159 e. The maximum atomic E-state index is 14.1. The van der Waals surface area contributed by atoms with Gasteiger partial charge in [0.1, 0.15) is 5.02 Å². The van der Waals surface area contributed by atoms with Crippen LogP contribution in [0.15, 0.2) is 39.6 Å². The Hall–Kier alpha value is -1.50. The molecule has 3 nitrogen and oxygen atoms in total. The highest BCUT2D eigenvalue weighted by Gasteiger charge is 2.17. The Labute approximate surface area is 127 Å². The molecule has 0 bridgehead atoms. The summed E-state index contributed by atoms with van der Waals surface area (Å²) in [5.74, 6) is -0.603. The molecule has 102 valence electrons. The maximum absolute atomic E-state index is 14.1. The van der Waals surface area contributed by atoms with Crippen molar-refractivity contribution in [2.24, 2.45) is 0 Å². The Morgan fingerprint density at radius 2 is 1.95 bits per heavy atom. The largest absolute Gasteiger partial charge is 0.398 e. The number of benzene rings is 2. The number of para-hydroxylation sites is 1. The van der Waals surface area contributed by atoms with Crippen LogP contribution >= 0.6 is 34.7 Å². The lowest BCUT2D eigenvalue weighted by molar-refractivity contribution is 0.604. The summed E-state index contributed by atoms with van der Waals surface area (Å²) in [7, 11) is 0. The molecule has 0 amide bonds. The second kappa shape index (κ2) is 5.12. The molecule has 0 aliphatic carbocycles. The third-order valence-electron chi connectivity index (χ3n) is 2.68. The van der Waals surface area contributed by atoms with Gasteiger partial charge in [-0.15, -0.1) is 11.3 Å². The van der Waals surface area contributed by atoms with Gasteiger partial charge in [0.15, 0.2) is 10.2 Å². The molecule has 0 fully saturated rings. The average Bonchev–Trinajstić information content (AvgIpc) is 2.83. The maximum Gasteiger partial charge on any atom is 0.159 e. The van der Waals surface area contributed by atoms with Gasteiger partial charge in [0.05, 0.1) is 26.5 Å². The normalized spacial score (nSPS) is 11.1. The fourth-order valence-electron chi connectivity index (χ4n) is 1.74. The molecule has 2 aromatic carbocycles. The van der Waals surface area contributed by atoms with Crippen LogP contribution in [0, 0.1) is 5.82 Å². The van der Waals surface area contributed by atoms with E-state index in [-0.39, 0.29) is 21.3 Å². The molecule has 0 aliphatic rings. The minimum Gasteiger partial charge on any atom is -0.398 e. The van der Waals surface area contributed by atoms with Gasteiger partial charge in [-0.05, 0) is 18.2 Å². The topological polar surface area (TPSA) is 64.9 Å². The molecular formula is C13H9ClFN3S2. The van der Waals surface area contributed by atoms with E-state index in [1.165, 1.54) is 17.4 Å². The summed E-state index contributed by atoms with van der Waals surface area (Å²) >= 11 is 8.45. The van der Waals surface area contributed by atoms with E-state index in [2.05, 4.69) is 4.98 Å². The van der Waals surface area contributed by atoms with E-state index in [4.69, 9.17) is 23.1 Å². The van der Waals surface area contributed by atoms with Crippen molar-refractivity contribution in [1.82, 2.24) is 4.98 Å². The Morgan fingerprint density at radius 3 is 2.70 bits per heavy atom. The molecule has 0 saturated heterocycles. The lowest BCUT2D eigenvalue weighted by Gasteiger charge is -2.08. The van der Waals surface area contributed by atoms with Gasteiger partial charge in [0.2, 0.25) is 0 Å². The standard InChI is InChI=1S/C13H9ClFN3S2/c14-10-6(16)5-7(17)12(11(10)15)20-13-18-8-3-1-2-4-9(8)19-13/h1-5H,16-17H2. The van der Waals surface area contributed by atoms with Crippen molar-refractivity contribution in [2.75, 3.05) is 11.5 Å². The number of nitrogens with zero attached hydrogens (tertiary/aromatic N) is 1. The van der Waals surface area contributed by atoms with Crippen LogP contribution in [0.2, 0.25) is 5.02 Å². The number of fused-ring (bicyclic) bond motifs is 1. The van der Waals surface area contributed by atoms with Crippen LogP contribution in [-0.2, 0) is 0 Å². The van der Waals surface area contributed by atoms with Crippen molar-refractivity contribution in [1.29, 1.82) is 0 Å². The predicted molar refractivity (Wildman–Crippen MR) is 84.0 cm³/mol. The Balaban J connectivity index is 2.05. The van der Waals surface area contributed by atoms with Crippen molar-refractivity contribution < 1.29 is 4.39 Å². The molecule has 1 aromatic heterocycles. The van der Waals surface area contributed by atoms with Crippen LogP contribution < -0.4 is 11.5 Å². The Morgan fingerprint density at radius 1 is 1.20 bits per heavy atom. The molecule has 0 spiro atoms. The van der Waals surface area contributed by atoms with Crippen LogP contribution in [0.25, 0.3) is 10.2 Å². The average molecular weight is 326 g/mol. The van der Waals surface area contributed by atoms with Gasteiger partial charge in [-0.25, -0.2) is 9.37 Å². The van der Waals surface area contributed by atoms with E-state index >= 15 is 0 Å². The van der Waals surface area contributed by atoms with Crippen molar-refractivity contribution in [3.05, 3.63) is 41.2 Å². The molecule has 3 rings (SSSR count). The van der Waals surface area contributed by atoms with Gasteiger partial charge >= 0.3 is 0 Å². The quantitative estimate of drug-likeness (QED) is 0.685. The van der Waals surface area contributed by atoms with E-state index in [0.29, 0.717) is 4.34 Å². The molecule has 0 atom stereocenters. The molecule has 0 unspecified atom stereocenters. The summed E-state index contributed by atoms with van der Waals surface area (Å²) in [5, 5.41) is -0.109. The van der Waals surface area contributed by atoms with E-state index in [9.17, 15) is 4.39 Å². The number of rotatable bonds is 2. The first-order chi connectivity index (χ1) is 9.56. The van der Waals surface area contributed by atoms with Crippen LogP contribution in [0.4, 0.5) is 15.8 Å². The molecule has 3 aromatic rings. The highest BCUT2D eigenvalue weighted by molar-refractivity contribution is 8.01. The van der Waals surface area contributed by atoms with Gasteiger partial charge in [0, 0.05) is 0 Å². The first kappa shape index (κ1) is 13.5. The van der Waals surface area contributed by atoms with Crippen molar-refractivity contribution in [3.63, 3.8) is 0 Å². The van der Waals surface area contributed by atoms with Crippen LogP contribution in [0.5, 0.6) is 0 Å². The van der Waals surface area contributed by atoms with E-state index in [0.717, 1.165) is 22.0 Å². The molecule has 0 saturated carbocycles. The number of anilines is 2. The third kappa shape index (κ3) is 2.30. The van der Waals surface area contributed by atoms with Gasteiger partial charge < -0.3 is 11.5 Å². The van der Waals surface area contributed by atoms with Gasteiger partial charge in [-0.2, -0.15) is 0 Å². The van der Waals surface area contributed by atoms with Gasteiger partial charge in [0.25, 0.3) is 0 Å². The van der Waals surface area contributed by atoms with Crippen LogP contribution in [-0.4, -0.2) is 4.98 Å². The number of halogens is 2. The second-order valence-corrected chi connectivity index (χ2v) is 6.73. The number of hydrogen-bond acceptors (Lipinski definition) is 5. The summed E-state index contributed by atoms with van der Waals surface area (Å²) in [6.45, 7) is 0. The minimum absolute atomic E-state index is 0.109.